The summed E-state index contributed by atoms with van der Waals surface area (Å²) in [4.78, 5) is 27.1. The summed E-state index contributed by atoms with van der Waals surface area (Å²) in [5.74, 6) is -1.53. The largest absolute Gasteiger partial charge is 0.481 e. The van der Waals surface area contributed by atoms with E-state index < -0.39 is 11.9 Å². The number of hydrogen-bond donors (Lipinski definition) is 4. The molecule has 1 fully saturated rings. The van der Waals surface area contributed by atoms with Crippen LogP contribution in [-0.2, 0) is 9.59 Å². The maximum atomic E-state index is 11.3. The minimum Gasteiger partial charge on any atom is -0.481 e. The first kappa shape index (κ1) is 28.8. The third kappa shape index (κ3) is 10.1. The third-order valence-corrected chi connectivity index (χ3v) is 6.64. The fraction of sp³-hybridized carbons (Fsp3) is 0.917. The highest BCUT2D eigenvalue weighted by Crippen LogP contribution is 2.25. The van der Waals surface area contributed by atoms with E-state index in [0.29, 0.717) is 13.1 Å². The number of carboxylic acid groups (broad SMARTS) is 2. The molecule has 8 heteroatoms. The molecule has 0 aliphatic carbocycles. The molecule has 0 aromatic heterocycles. The van der Waals surface area contributed by atoms with E-state index >= 15 is 0 Å². The molecule has 0 spiro atoms. The molecule has 4 N–H and O–H groups in total. The molecule has 1 heterocycles. The Morgan fingerprint density at radius 3 is 1.31 bits per heavy atom. The first-order chi connectivity index (χ1) is 14.6. The van der Waals surface area contributed by atoms with E-state index in [1.165, 1.54) is 0 Å². The Labute approximate surface area is 195 Å². The van der Waals surface area contributed by atoms with E-state index in [4.69, 9.17) is 0 Å². The molecule has 4 unspecified atom stereocenters. The lowest BCUT2D eigenvalue weighted by Gasteiger charge is -2.45. The van der Waals surface area contributed by atoms with Crippen molar-refractivity contribution in [2.24, 2.45) is 0 Å². The van der Waals surface area contributed by atoms with Crippen molar-refractivity contribution in [1.82, 2.24) is 20.4 Å². The molecule has 0 radical (unpaired) electrons. The Hall–Kier alpha value is -1.22. The summed E-state index contributed by atoms with van der Waals surface area (Å²) in [6.45, 7) is 20.1. The summed E-state index contributed by atoms with van der Waals surface area (Å²) in [5.41, 5.74) is -0.319. The SMILES string of the molecule is CC1CN(CCC(=O)O)C(C)(C)CC(C)NC(C)CN(CCC(=O)O)C(C)(C)CC(C)N1. The van der Waals surface area contributed by atoms with Crippen molar-refractivity contribution in [3.63, 3.8) is 0 Å². The number of aliphatic carboxylic acids is 2. The van der Waals surface area contributed by atoms with Crippen molar-refractivity contribution >= 4 is 11.9 Å². The fourth-order valence-electron chi connectivity index (χ4n) is 5.36. The second-order valence-electron chi connectivity index (χ2n) is 11.2. The monoisotopic (exact) mass is 456 g/mol. The number of carbonyl (C=O) groups is 2. The quantitative estimate of drug-likeness (QED) is 0.483. The summed E-state index contributed by atoms with van der Waals surface area (Å²) in [6.07, 6.45) is 2.04. The molecule has 1 aliphatic heterocycles. The lowest BCUT2D eigenvalue weighted by Crippen LogP contribution is -2.58. The Kier molecular flexibility index (Phi) is 11.1. The molecule has 1 saturated heterocycles. The number of nitrogens with one attached hydrogen (secondary N) is 2. The van der Waals surface area contributed by atoms with Gasteiger partial charge in [0.2, 0.25) is 0 Å². The summed E-state index contributed by atoms with van der Waals surface area (Å²) < 4.78 is 0. The van der Waals surface area contributed by atoms with Crippen molar-refractivity contribution in [2.45, 2.75) is 116 Å². The van der Waals surface area contributed by atoms with Crippen LogP contribution in [0.4, 0.5) is 0 Å². The number of rotatable bonds is 6. The van der Waals surface area contributed by atoms with E-state index in [0.717, 1.165) is 25.9 Å². The molecule has 4 atom stereocenters. The zero-order chi connectivity index (χ0) is 24.7. The van der Waals surface area contributed by atoms with Crippen LogP contribution in [0.15, 0.2) is 0 Å². The predicted octanol–water partition coefficient (Wildman–Crippen LogP) is 2.62. The highest BCUT2D eigenvalue weighted by Gasteiger charge is 2.34. The van der Waals surface area contributed by atoms with Crippen LogP contribution in [0.5, 0.6) is 0 Å². The van der Waals surface area contributed by atoms with Gasteiger partial charge >= 0.3 is 11.9 Å². The average Bonchev–Trinajstić information content (AvgIpc) is 2.59. The minimum absolute atomic E-state index is 0.134. The van der Waals surface area contributed by atoms with Crippen LogP contribution in [0.3, 0.4) is 0 Å². The smallest absolute Gasteiger partial charge is 0.304 e. The molecule has 0 aromatic rings. The normalized spacial score (nSPS) is 31.0. The van der Waals surface area contributed by atoms with Crippen LogP contribution < -0.4 is 10.6 Å². The number of hydrogen-bond acceptors (Lipinski definition) is 6. The van der Waals surface area contributed by atoms with Crippen LogP contribution in [0, 0.1) is 0 Å². The van der Waals surface area contributed by atoms with Crippen molar-refractivity contribution in [1.29, 1.82) is 0 Å². The maximum absolute atomic E-state index is 11.3. The number of nitrogens with zero attached hydrogens (tertiary/aromatic N) is 2. The first-order valence-electron chi connectivity index (χ1n) is 12.1. The topological polar surface area (TPSA) is 105 Å². The second-order valence-corrected chi connectivity index (χ2v) is 11.2. The molecule has 0 aromatic carbocycles. The third-order valence-electron chi connectivity index (χ3n) is 6.64. The van der Waals surface area contributed by atoms with Gasteiger partial charge in [-0.2, -0.15) is 0 Å². The molecule has 32 heavy (non-hydrogen) atoms. The molecule has 1 aliphatic rings. The molecule has 1 rings (SSSR count). The van der Waals surface area contributed by atoms with E-state index in [9.17, 15) is 19.8 Å². The molecule has 188 valence electrons. The van der Waals surface area contributed by atoms with E-state index in [-0.39, 0.29) is 48.1 Å². The molecule has 0 saturated carbocycles. The zero-order valence-electron chi connectivity index (χ0n) is 21.6. The van der Waals surface area contributed by atoms with Gasteiger partial charge in [-0.15, -0.1) is 0 Å². The van der Waals surface area contributed by atoms with Crippen LogP contribution >= 0.6 is 0 Å². The van der Waals surface area contributed by atoms with Gasteiger partial charge in [0, 0.05) is 61.4 Å². The number of carboxylic acids is 2. The molecule has 0 bridgehead atoms. The highest BCUT2D eigenvalue weighted by atomic mass is 16.4. The Bertz CT molecular complexity index is 559. The molecular formula is C24H48N4O4. The molecule has 0 amide bonds. The van der Waals surface area contributed by atoms with Gasteiger partial charge in [0.25, 0.3) is 0 Å². The summed E-state index contributed by atoms with van der Waals surface area (Å²) in [7, 11) is 0. The van der Waals surface area contributed by atoms with Gasteiger partial charge < -0.3 is 20.8 Å². The Morgan fingerprint density at radius 2 is 1.03 bits per heavy atom. The van der Waals surface area contributed by atoms with Gasteiger partial charge in [-0.3, -0.25) is 19.4 Å². The van der Waals surface area contributed by atoms with Crippen molar-refractivity contribution < 1.29 is 19.8 Å². The standard InChI is InChI=1S/C24H48N4O4/c1-17-13-23(5,6)27(11-9-21(29)30)16-20(4)26-18(2)14-24(7,8)28(12-10-22(31)32)15-19(3)25-17/h17-20,25-26H,9-16H2,1-8H3,(H,29,30)(H,31,32). The van der Waals surface area contributed by atoms with Gasteiger partial charge in [-0.25, -0.2) is 0 Å². The summed E-state index contributed by atoms with van der Waals surface area (Å²) >= 11 is 0. The van der Waals surface area contributed by atoms with E-state index in [1.54, 1.807) is 0 Å². The lowest BCUT2D eigenvalue weighted by atomic mass is 9.90. The first-order valence-corrected chi connectivity index (χ1v) is 12.1. The summed E-state index contributed by atoms with van der Waals surface area (Å²) in [6, 6.07) is 0.877. The van der Waals surface area contributed by atoms with Crippen molar-refractivity contribution in [3.05, 3.63) is 0 Å². The average molecular weight is 457 g/mol. The van der Waals surface area contributed by atoms with Gasteiger partial charge in [-0.1, -0.05) is 0 Å². The van der Waals surface area contributed by atoms with Crippen LogP contribution in [0.1, 0.15) is 81.1 Å². The molecule has 8 nitrogen and oxygen atoms in total. The van der Waals surface area contributed by atoms with Crippen LogP contribution in [0.2, 0.25) is 0 Å². The van der Waals surface area contributed by atoms with Gasteiger partial charge in [-0.05, 0) is 68.2 Å². The predicted molar refractivity (Wildman–Crippen MR) is 129 cm³/mol. The van der Waals surface area contributed by atoms with Gasteiger partial charge in [0.1, 0.15) is 0 Å². The fourth-order valence-corrected chi connectivity index (χ4v) is 5.36. The van der Waals surface area contributed by atoms with Crippen molar-refractivity contribution in [2.75, 3.05) is 26.2 Å². The van der Waals surface area contributed by atoms with Crippen LogP contribution in [-0.4, -0.2) is 93.4 Å². The van der Waals surface area contributed by atoms with Crippen LogP contribution in [0.25, 0.3) is 0 Å². The van der Waals surface area contributed by atoms with Gasteiger partial charge in [0.15, 0.2) is 0 Å². The molecular weight excluding hydrogens is 408 g/mol. The van der Waals surface area contributed by atoms with Gasteiger partial charge in [0.05, 0.1) is 12.8 Å². The maximum Gasteiger partial charge on any atom is 0.304 e. The van der Waals surface area contributed by atoms with E-state index in [2.05, 4.69) is 75.8 Å². The van der Waals surface area contributed by atoms with Crippen molar-refractivity contribution in [3.8, 4) is 0 Å². The van der Waals surface area contributed by atoms with E-state index in [1.807, 2.05) is 0 Å². The Balaban J connectivity index is 3.13. The summed E-state index contributed by atoms with van der Waals surface area (Å²) in [5, 5.41) is 25.9. The minimum atomic E-state index is -0.766. The Morgan fingerprint density at radius 1 is 0.719 bits per heavy atom. The lowest BCUT2D eigenvalue weighted by molar-refractivity contribution is -0.138. The second kappa shape index (κ2) is 12.3. The zero-order valence-corrected chi connectivity index (χ0v) is 21.6. The highest BCUT2D eigenvalue weighted by molar-refractivity contribution is 5.67.